The molecule has 0 bridgehead atoms. The summed E-state index contributed by atoms with van der Waals surface area (Å²) < 4.78 is 4.67. The lowest BCUT2D eigenvalue weighted by Crippen LogP contribution is -2.17. The minimum atomic E-state index is -0.491. The van der Waals surface area contributed by atoms with E-state index in [0.717, 1.165) is 12.0 Å². The van der Waals surface area contributed by atoms with Gasteiger partial charge >= 0.3 is 5.97 Å². The van der Waals surface area contributed by atoms with E-state index in [-0.39, 0.29) is 5.70 Å². The average Bonchev–Trinajstić information content (AvgIpc) is 3.19. The Morgan fingerprint density at radius 3 is 3.04 bits per heavy atom. The normalized spacial score (nSPS) is 14.6. The molecule has 0 saturated heterocycles. The van der Waals surface area contributed by atoms with E-state index >= 15 is 0 Å². The van der Waals surface area contributed by atoms with Gasteiger partial charge in [0.2, 0.25) is 5.95 Å². The maximum Gasteiger partial charge on any atom is 0.355 e. The van der Waals surface area contributed by atoms with Crippen molar-refractivity contribution in [3.8, 4) is 6.07 Å². The van der Waals surface area contributed by atoms with Crippen LogP contribution in [0.1, 0.15) is 11.3 Å². The first-order valence-electron chi connectivity index (χ1n) is 8.04. The molecule has 9 heteroatoms. The number of esters is 1. The van der Waals surface area contributed by atoms with E-state index in [1.807, 2.05) is 18.3 Å². The van der Waals surface area contributed by atoms with Gasteiger partial charge in [0.25, 0.3) is 0 Å². The highest BCUT2D eigenvalue weighted by molar-refractivity contribution is 8.06. The molecule has 1 aliphatic rings. The first kappa shape index (κ1) is 18.4. The maximum atomic E-state index is 11.6. The number of ether oxygens (including phenoxy) is 1. The van der Waals surface area contributed by atoms with Gasteiger partial charge in [-0.1, -0.05) is 17.8 Å². The lowest BCUT2D eigenvalue weighted by molar-refractivity contribution is -0.136. The van der Waals surface area contributed by atoms with E-state index in [0.29, 0.717) is 28.8 Å². The molecule has 0 fully saturated rings. The van der Waals surface area contributed by atoms with Crippen molar-refractivity contribution >= 4 is 29.3 Å². The fourth-order valence-electron chi connectivity index (χ4n) is 2.30. The second-order valence-corrected chi connectivity index (χ2v) is 6.27. The van der Waals surface area contributed by atoms with Crippen LogP contribution in [0.5, 0.6) is 0 Å². The number of aromatic nitrogens is 3. The first-order valence-corrected chi connectivity index (χ1v) is 8.92. The molecule has 0 atom stereocenters. The van der Waals surface area contributed by atoms with E-state index in [4.69, 9.17) is 0 Å². The van der Waals surface area contributed by atoms with Crippen molar-refractivity contribution in [1.82, 2.24) is 20.3 Å². The second-order valence-electron chi connectivity index (χ2n) is 5.39. The van der Waals surface area contributed by atoms with Crippen LogP contribution >= 0.6 is 11.8 Å². The van der Waals surface area contributed by atoms with Crippen molar-refractivity contribution in [2.75, 3.05) is 19.0 Å². The minimum Gasteiger partial charge on any atom is -0.464 e. The average molecular weight is 380 g/mol. The molecule has 3 rings (SSSR count). The van der Waals surface area contributed by atoms with E-state index in [2.05, 4.69) is 36.4 Å². The molecule has 2 aromatic heterocycles. The molecular formula is C18H16N6O2S. The third-order valence-electron chi connectivity index (χ3n) is 3.62. The molecule has 0 radical (unpaired) electrons. The van der Waals surface area contributed by atoms with Crippen molar-refractivity contribution < 1.29 is 9.53 Å². The molecule has 0 aromatic carbocycles. The van der Waals surface area contributed by atoms with Gasteiger partial charge in [-0.05, 0) is 24.1 Å². The quantitative estimate of drug-likeness (QED) is 0.574. The maximum absolute atomic E-state index is 11.6. The van der Waals surface area contributed by atoms with Crippen molar-refractivity contribution in [3.05, 3.63) is 64.2 Å². The van der Waals surface area contributed by atoms with Gasteiger partial charge in [0.1, 0.15) is 17.3 Å². The molecule has 0 saturated carbocycles. The van der Waals surface area contributed by atoms with E-state index in [1.54, 1.807) is 23.9 Å². The topological polar surface area (TPSA) is 113 Å². The Balaban J connectivity index is 1.70. The van der Waals surface area contributed by atoms with Crippen molar-refractivity contribution in [1.29, 1.82) is 5.26 Å². The number of allylic oxidation sites excluding steroid dienone is 1. The Morgan fingerprint density at radius 2 is 2.30 bits per heavy atom. The Hall–Kier alpha value is -3.38. The number of nitrogens with zero attached hydrogens (tertiary/aromatic N) is 4. The summed E-state index contributed by atoms with van der Waals surface area (Å²) in [6, 6.07) is 7.67. The number of nitriles is 1. The van der Waals surface area contributed by atoms with Crippen LogP contribution in [0.25, 0.3) is 5.57 Å². The van der Waals surface area contributed by atoms with Crippen LogP contribution in [-0.4, -0.2) is 34.6 Å². The number of carbonyl (C=O) groups is 1. The van der Waals surface area contributed by atoms with Gasteiger partial charge in [0.05, 0.1) is 17.8 Å². The molecule has 2 aromatic rings. The zero-order valence-corrected chi connectivity index (χ0v) is 15.3. The summed E-state index contributed by atoms with van der Waals surface area (Å²) in [5, 5.41) is 17.7. The predicted molar refractivity (Wildman–Crippen MR) is 102 cm³/mol. The Labute approximate surface area is 160 Å². The van der Waals surface area contributed by atoms with E-state index in [9.17, 15) is 10.1 Å². The monoisotopic (exact) mass is 380 g/mol. The lowest BCUT2D eigenvalue weighted by Gasteiger charge is -2.08. The molecule has 3 heterocycles. The van der Waals surface area contributed by atoms with Crippen LogP contribution < -0.4 is 10.6 Å². The summed E-state index contributed by atoms with van der Waals surface area (Å²) in [7, 11) is 1.30. The van der Waals surface area contributed by atoms with Gasteiger partial charge in [-0.3, -0.25) is 4.98 Å². The summed E-state index contributed by atoms with van der Waals surface area (Å²) in [5.41, 5.74) is 2.18. The van der Waals surface area contributed by atoms with Crippen LogP contribution in [0.15, 0.2) is 52.9 Å². The van der Waals surface area contributed by atoms with Crippen LogP contribution in [-0.2, 0) is 16.0 Å². The number of thioether (sulfide) groups is 1. The fraction of sp³-hybridized carbons (Fsp3) is 0.167. The SMILES string of the molecule is COC(=O)C1=CS/C(=C(/C#N)c2ccnc(NCCc3cccnc3)n2)N1. The number of hydrogen-bond acceptors (Lipinski definition) is 9. The highest BCUT2D eigenvalue weighted by Gasteiger charge is 2.22. The second kappa shape index (κ2) is 8.82. The summed E-state index contributed by atoms with van der Waals surface area (Å²) in [5.74, 6) is -0.0656. The van der Waals surface area contributed by atoms with Crippen molar-refractivity contribution in [2.45, 2.75) is 6.42 Å². The Morgan fingerprint density at radius 1 is 1.41 bits per heavy atom. The van der Waals surface area contributed by atoms with Gasteiger partial charge in [-0.25, -0.2) is 14.8 Å². The largest absolute Gasteiger partial charge is 0.464 e. The third-order valence-corrected chi connectivity index (χ3v) is 4.51. The molecule has 0 aliphatic carbocycles. The standard InChI is InChI=1S/C18H16N6O2S/c1-26-17(25)15-11-27-16(23-15)13(9-19)14-5-8-22-18(24-14)21-7-4-12-3-2-6-20-10-12/h2-3,5-6,8,10-11,23H,4,7H2,1H3,(H,21,22,24)/b16-13-. The number of nitrogens with one attached hydrogen (secondary N) is 2. The molecule has 8 nitrogen and oxygen atoms in total. The van der Waals surface area contributed by atoms with Crippen LogP contribution in [0.4, 0.5) is 5.95 Å². The molecule has 0 spiro atoms. The van der Waals surface area contributed by atoms with Crippen LogP contribution in [0.3, 0.4) is 0 Å². The lowest BCUT2D eigenvalue weighted by atomic mass is 10.2. The third kappa shape index (κ3) is 4.62. The van der Waals surface area contributed by atoms with Gasteiger partial charge in [-0.2, -0.15) is 5.26 Å². The predicted octanol–water partition coefficient (Wildman–Crippen LogP) is 2.07. The van der Waals surface area contributed by atoms with E-state index < -0.39 is 5.97 Å². The Kier molecular flexibility index (Phi) is 6.02. The molecule has 1 aliphatic heterocycles. The summed E-state index contributed by atoms with van der Waals surface area (Å²) >= 11 is 1.24. The summed E-state index contributed by atoms with van der Waals surface area (Å²) in [6.45, 7) is 0.634. The molecule has 0 amide bonds. The molecule has 27 heavy (non-hydrogen) atoms. The van der Waals surface area contributed by atoms with Gasteiger partial charge in [0, 0.05) is 30.5 Å². The zero-order valence-electron chi connectivity index (χ0n) is 14.5. The highest BCUT2D eigenvalue weighted by Crippen LogP contribution is 2.31. The minimum absolute atomic E-state index is 0.286. The Bertz CT molecular complexity index is 936. The van der Waals surface area contributed by atoms with Gasteiger partial charge in [0.15, 0.2) is 0 Å². The van der Waals surface area contributed by atoms with Crippen LogP contribution in [0, 0.1) is 11.3 Å². The molecule has 0 unspecified atom stereocenters. The van der Waals surface area contributed by atoms with Crippen molar-refractivity contribution in [3.63, 3.8) is 0 Å². The number of anilines is 1. The van der Waals surface area contributed by atoms with Gasteiger partial charge < -0.3 is 15.4 Å². The number of pyridine rings is 1. The number of carbonyl (C=O) groups excluding carboxylic acids is 1. The highest BCUT2D eigenvalue weighted by atomic mass is 32.2. The molecule has 2 N–H and O–H groups in total. The number of hydrogen-bond donors (Lipinski definition) is 2. The van der Waals surface area contributed by atoms with Crippen molar-refractivity contribution in [2.24, 2.45) is 0 Å². The molecule has 136 valence electrons. The summed E-state index contributed by atoms with van der Waals surface area (Å²) in [6.07, 6.45) is 5.90. The first-order chi connectivity index (χ1) is 13.2. The fourth-order valence-corrected chi connectivity index (χ4v) is 3.13. The smallest absolute Gasteiger partial charge is 0.355 e. The molecular weight excluding hydrogens is 364 g/mol. The zero-order chi connectivity index (χ0) is 19.1. The van der Waals surface area contributed by atoms with Gasteiger partial charge in [-0.15, -0.1) is 0 Å². The summed E-state index contributed by atoms with van der Waals surface area (Å²) in [4.78, 5) is 24.2. The van der Waals surface area contributed by atoms with E-state index in [1.165, 1.54) is 18.9 Å². The number of methoxy groups -OCH3 is 1. The number of rotatable bonds is 6. The van der Waals surface area contributed by atoms with Crippen LogP contribution in [0.2, 0.25) is 0 Å².